The Balaban J connectivity index is 1.53. The van der Waals surface area contributed by atoms with Crippen LogP contribution in [-0.2, 0) is 34.0 Å². The third-order valence-electron chi connectivity index (χ3n) is 6.56. The molecule has 0 aliphatic rings. The maximum Gasteiger partial charge on any atom is 0.110 e. The Labute approximate surface area is 241 Å². The molecule has 0 amide bonds. The monoisotopic (exact) mass is 558 g/mol. The minimum Gasteiger partial charge on any atom is -0.395 e. The van der Waals surface area contributed by atoms with Gasteiger partial charge in [-0.05, 0) is 35.7 Å². The molecule has 4 rings (SSSR count). The number of aryl methyl sites for hydroxylation is 1. The van der Waals surface area contributed by atoms with Gasteiger partial charge in [0.25, 0.3) is 0 Å². The number of aliphatic hydroxyl groups excluding tert-OH is 2. The van der Waals surface area contributed by atoms with Crippen molar-refractivity contribution >= 4 is 11.8 Å². The first-order chi connectivity index (χ1) is 19.6. The maximum absolute atomic E-state index is 11.8. The van der Waals surface area contributed by atoms with Gasteiger partial charge in [-0.15, -0.1) is 11.8 Å². The molecule has 4 aromatic rings. The van der Waals surface area contributed by atoms with Gasteiger partial charge >= 0.3 is 0 Å². The van der Waals surface area contributed by atoms with E-state index in [1.165, 1.54) is 11.8 Å². The molecule has 0 fully saturated rings. The Hall–Kier alpha value is -2.97. The van der Waals surface area contributed by atoms with Gasteiger partial charge in [0, 0.05) is 4.90 Å². The maximum atomic E-state index is 11.8. The zero-order chi connectivity index (χ0) is 28.0. The van der Waals surface area contributed by atoms with Crippen LogP contribution in [0.25, 0.3) is 0 Å². The summed E-state index contributed by atoms with van der Waals surface area (Å²) >= 11 is 1.49. The zero-order valence-corrected chi connectivity index (χ0v) is 23.7. The minimum absolute atomic E-state index is 0.168. The molecule has 4 atom stereocenters. The Bertz CT molecular complexity index is 1220. The molecule has 0 radical (unpaired) electrons. The third-order valence-corrected chi connectivity index (χ3v) is 7.82. The number of rotatable bonds is 16. The van der Waals surface area contributed by atoms with Crippen LogP contribution in [0.4, 0.5) is 0 Å². The molecular formula is C34H38O5S. The molecular weight excluding hydrogens is 520 g/mol. The second kappa shape index (κ2) is 16.3. The van der Waals surface area contributed by atoms with Crippen LogP contribution >= 0.6 is 11.8 Å². The second-order valence-electron chi connectivity index (χ2n) is 9.74. The first kappa shape index (κ1) is 30.0. The van der Waals surface area contributed by atoms with E-state index in [-0.39, 0.29) is 13.2 Å². The van der Waals surface area contributed by atoms with Crippen molar-refractivity contribution in [3.8, 4) is 0 Å². The van der Waals surface area contributed by atoms with E-state index in [4.69, 9.17) is 14.2 Å². The van der Waals surface area contributed by atoms with Gasteiger partial charge in [-0.1, -0.05) is 109 Å². The SMILES string of the molecule is Cc1ccc(S[C@H](CO)[C@H](OCc2ccccc2)[C@H](O)C(COCc2ccccc2)OCc2ccccc2)cc1. The van der Waals surface area contributed by atoms with Crippen LogP contribution in [0, 0.1) is 6.92 Å². The Morgan fingerprint density at radius 1 is 0.650 bits per heavy atom. The van der Waals surface area contributed by atoms with Gasteiger partial charge in [0.2, 0.25) is 0 Å². The number of aliphatic hydroxyl groups is 2. The molecule has 0 heterocycles. The molecule has 0 spiro atoms. The van der Waals surface area contributed by atoms with Gasteiger partial charge < -0.3 is 24.4 Å². The zero-order valence-electron chi connectivity index (χ0n) is 22.8. The molecule has 0 aliphatic carbocycles. The predicted octanol–water partition coefficient (Wildman–Crippen LogP) is 6.20. The van der Waals surface area contributed by atoms with Gasteiger partial charge in [-0.3, -0.25) is 0 Å². The van der Waals surface area contributed by atoms with E-state index in [0.717, 1.165) is 27.1 Å². The van der Waals surface area contributed by atoms with Gasteiger partial charge in [0.1, 0.15) is 18.3 Å². The Kier molecular flexibility index (Phi) is 12.2. The van der Waals surface area contributed by atoms with Crippen LogP contribution in [0.5, 0.6) is 0 Å². The average molecular weight is 559 g/mol. The van der Waals surface area contributed by atoms with Crippen LogP contribution in [0.15, 0.2) is 120 Å². The molecule has 0 saturated heterocycles. The first-order valence-electron chi connectivity index (χ1n) is 13.6. The summed E-state index contributed by atoms with van der Waals surface area (Å²) in [6.07, 6.45) is -2.46. The number of ether oxygens (including phenoxy) is 3. The molecule has 0 aromatic heterocycles. The van der Waals surface area contributed by atoms with Crippen LogP contribution in [-0.4, -0.2) is 47.0 Å². The molecule has 40 heavy (non-hydrogen) atoms. The smallest absolute Gasteiger partial charge is 0.110 e. The highest BCUT2D eigenvalue weighted by Crippen LogP contribution is 2.30. The number of benzene rings is 4. The quantitative estimate of drug-likeness (QED) is 0.160. The molecule has 5 nitrogen and oxygen atoms in total. The third kappa shape index (κ3) is 9.59. The molecule has 0 saturated carbocycles. The fraction of sp³-hybridized carbons (Fsp3) is 0.294. The van der Waals surface area contributed by atoms with Crippen LogP contribution in [0.1, 0.15) is 22.3 Å². The van der Waals surface area contributed by atoms with E-state index >= 15 is 0 Å². The molecule has 0 aliphatic heterocycles. The Morgan fingerprint density at radius 3 is 1.68 bits per heavy atom. The van der Waals surface area contributed by atoms with Crippen molar-refractivity contribution in [3.05, 3.63) is 138 Å². The minimum atomic E-state index is -1.06. The lowest BCUT2D eigenvalue weighted by molar-refractivity contribution is -0.143. The summed E-state index contributed by atoms with van der Waals surface area (Å²) < 4.78 is 18.7. The van der Waals surface area contributed by atoms with Crippen LogP contribution in [0.3, 0.4) is 0 Å². The summed E-state index contributed by atoms with van der Waals surface area (Å²) in [7, 11) is 0. The lowest BCUT2D eigenvalue weighted by Crippen LogP contribution is -2.48. The number of hydrogen-bond donors (Lipinski definition) is 2. The summed E-state index contributed by atoms with van der Waals surface area (Å²) in [5, 5.41) is 21.8. The normalized spacial score (nSPS) is 14.4. The highest BCUT2D eigenvalue weighted by atomic mass is 32.2. The Morgan fingerprint density at radius 2 is 1.15 bits per heavy atom. The highest BCUT2D eigenvalue weighted by Gasteiger charge is 2.36. The van der Waals surface area contributed by atoms with E-state index in [1.807, 2.05) is 122 Å². The van der Waals surface area contributed by atoms with E-state index in [0.29, 0.717) is 19.8 Å². The topological polar surface area (TPSA) is 68.2 Å². The van der Waals surface area contributed by atoms with E-state index in [1.54, 1.807) is 0 Å². The standard InChI is InChI=1S/C34H38O5S/c1-26-17-19-30(20-18-26)40-32(21-35)34(39-24-29-15-9-4-10-16-29)33(36)31(38-23-28-13-7-3-8-14-28)25-37-22-27-11-5-2-6-12-27/h2-20,31-36H,21-25H2,1H3/t31?,32-,33-,34+/m1/s1. The fourth-order valence-corrected chi connectivity index (χ4v) is 5.38. The van der Waals surface area contributed by atoms with Gasteiger partial charge in [-0.25, -0.2) is 0 Å². The van der Waals surface area contributed by atoms with Crippen molar-refractivity contribution < 1.29 is 24.4 Å². The van der Waals surface area contributed by atoms with Gasteiger partial charge in [-0.2, -0.15) is 0 Å². The molecule has 1 unspecified atom stereocenters. The van der Waals surface area contributed by atoms with Crippen molar-refractivity contribution in [2.75, 3.05) is 13.2 Å². The van der Waals surface area contributed by atoms with E-state index < -0.39 is 23.6 Å². The number of thioether (sulfide) groups is 1. The van der Waals surface area contributed by atoms with Crippen molar-refractivity contribution in [3.63, 3.8) is 0 Å². The highest BCUT2D eigenvalue weighted by molar-refractivity contribution is 8.00. The van der Waals surface area contributed by atoms with Gasteiger partial charge in [0.15, 0.2) is 0 Å². The van der Waals surface area contributed by atoms with E-state index in [9.17, 15) is 10.2 Å². The molecule has 210 valence electrons. The summed E-state index contributed by atoms with van der Waals surface area (Å²) in [6, 6.07) is 37.7. The lowest BCUT2D eigenvalue weighted by atomic mass is 10.0. The molecule has 2 N–H and O–H groups in total. The van der Waals surface area contributed by atoms with Crippen molar-refractivity contribution in [2.45, 2.75) is 55.2 Å². The fourth-order valence-electron chi connectivity index (χ4n) is 4.29. The molecule has 0 bridgehead atoms. The first-order valence-corrected chi connectivity index (χ1v) is 14.5. The van der Waals surface area contributed by atoms with Crippen molar-refractivity contribution in [1.29, 1.82) is 0 Å². The van der Waals surface area contributed by atoms with Crippen LogP contribution < -0.4 is 0 Å². The number of hydrogen-bond acceptors (Lipinski definition) is 6. The summed E-state index contributed by atoms with van der Waals surface area (Å²) in [5.74, 6) is 0. The molecule has 6 heteroatoms. The summed E-state index contributed by atoms with van der Waals surface area (Å²) in [6.45, 7) is 3.04. The van der Waals surface area contributed by atoms with E-state index in [2.05, 4.69) is 0 Å². The van der Waals surface area contributed by atoms with Gasteiger partial charge in [0.05, 0.1) is 38.3 Å². The average Bonchev–Trinajstić information content (AvgIpc) is 3.00. The van der Waals surface area contributed by atoms with Crippen LogP contribution in [0.2, 0.25) is 0 Å². The predicted molar refractivity (Wildman–Crippen MR) is 160 cm³/mol. The second-order valence-corrected chi connectivity index (χ2v) is 11.1. The summed E-state index contributed by atoms with van der Waals surface area (Å²) in [5.41, 5.74) is 4.18. The lowest BCUT2D eigenvalue weighted by Gasteiger charge is -2.34. The summed E-state index contributed by atoms with van der Waals surface area (Å²) in [4.78, 5) is 0.993. The van der Waals surface area contributed by atoms with Crippen molar-refractivity contribution in [1.82, 2.24) is 0 Å². The molecule has 4 aromatic carbocycles. The largest absolute Gasteiger partial charge is 0.395 e. The van der Waals surface area contributed by atoms with Crippen molar-refractivity contribution in [2.24, 2.45) is 0 Å².